The van der Waals surface area contributed by atoms with Crippen molar-refractivity contribution in [2.45, 2.75) is 16.3 Å². The molecule has 7 nitrogen and oxygen atoms in total. The summed E-state index contributed by atoms with van der Waals surface area (Å²) in [5.74, 6) is -0.284. The molecule has 2 aromatic carbocycles. The van der Waals surface area contributed by atoms with Gasteiger partial charge in [0.1, 0.15) is 0 Å². The Balaban J connectivity index is 1.47. The van der Waals surface area contributed by atoms with E-state index in [4.69, 9.17) is 11.6 Å². The molecule has 2 heterocycles. The van der Waals surface area contributed by atoms with Crippen LogP contribution in [0.5, 0.6) is 0 Å². The van der Waals surface area contributed by atoms with E-state index in [1.54, 1.807) is 36.5 Å². The van der Waals surface area contributed by atoms with Gasteiger partial charge in [-0.1, -0.05) is 35.9 Å². The van der Waals surface area contributed by atoms with Gasteiger partial charge in [0.05, 0.1) is 26.6 Å². The molecule has 0 radical (unpaired) electrons. The van der Waals surface area contributed by atoms with E-state index < -0.39 is 9.84 Å². The van der Waals surface area contributed by atoms with Crippen LogP contribution >= 0.6 is 11.6 Å². The van der Waals surface area contributed by atoms with E-state index in [-0.39, 0.29) is 27.3 Å². The molecule has 0 aliphatic rings. The number of halogens is 1. The number of sulfone groups is 1. The predicted octanol–water partition coefficient (Wildman–Crippen LogP) is 3.37. The SMILES string of the molecule is O=C(NCc1ccc(S(=O)(=O)c2ccccc2Cl)cc1)c1cnc2[nH]ncc2c1. The van der Waals surface area contributed by atoms with Crippen molar-refractivity contribution in [2.24, 2.45) is 0 Å². The van der Waals surface area contributed by atoms with Crippen LogP contribution in [0.3, 0.4) is 0 Å². The van der Waals surface area contributed by atoms with E-state index in [1.807, 2.05) is 0 Å². The fourth-order valence-corrected chi connectivity index (χ4v) is 4.59. The van der Waals surface area contributed by atoms with Crippen LogP contribution in [0.4, 0.5) is 0 Å². The minimum absolute atomic E-state index is 0.0601. The van der Waals surface area contributed by atoms with Gasteiger partial charge in [-0.25, -0.2) is 13.4 Å². The van der Waals surface area contributed by atoms with E-state index >= 15 is 0 Å². The summed E-state index contributed by atoms with van der Waals surface area (Å²) in [5, 5.41) is 10.3. The molecule has 0 unspecified atom stereocenters. The van der Waals surface area contributed by atoms with Crippen LogP contribution in [-0.4, -0.2) is 29.5 Å². The molecular weight excluding hydrogens is 412 g/mol. The minimum Gasteiger partial charge on any atom is -0.348 e. The number of nitrogens with one attached hydrogen (secondary N) is 2. The van der Waals surface area contributed by atoms with Gasteiger partial charge in [-0.05, 0) is 35.9 Å². The topological polar surface area (TPSA) is 105 Å². The van der Waals surface area contributed by atoms with Crippen LogP contribution in [0.25, 0.3) is 11.0 Å². The molecule has 4 aromatic rings. The number of amides is 1. The van der Waals surface area contributed by atoms with Crippen molar-refractivity contribution in [3.63, 3.8) is 0 Å². The quantitative estimate of drug-likeness (QED) is 0.509. The highest BCUT2D eigenvalue weighted by Gasteiger charge is 2.20. The summed E-state index contributed by atoms with van der Waals surface area (Å²) < 4.78 is 25.5. The summed E-state index contributed by atoms with van der Waals surface area (Å²) in [6, 6.07) is 14.3. The third-order valence-corrected chi connectivity index (χ3v) is 6.64. The van der Waals surface area contributed by atoms with Gasteiger partial charge >= 0.3 is 0 Å². The van der Waals surface area contributed by atoms with Crippen LogP contribution in [0.2, 0.25) is 5.02 Å². The second kappa shape index (κ2) is 7.65. The summed E-state index contributed by atoms with van der Waals surface area (Å²) in [4.78, 5) is 16.7. The van der Waals surface area contributed by atoms with Gasteiger partial charge in [0, 0.05) is 18.1 Å². The van der Waals surface area contributed by atoms with Gasteiger partial charge < -0.3 is 5.32 Å². The molecule has 0 saturated heterocycles. The Kier molecular flexibility index (Phi) is 5.04. The van der Waals surface area contributed by atoms with Gasteiger partial charge in [-0.2, -0.15) is 5.10 Å². The normalized spacial score (nSPS) is 11.5. The summed E-state index contributed by atoms with van der Waals surface area (Å²) in [5.41, 5.74) is 1.78. The van der Waals surface area contributed by atoms with Crippen molar-refractivity contribution in [2.75, 3.05) is 0 Å². The molecule has 2 N–H and O–H groups in total. The molecule has 0 aliphatic heterocycles. The highest BCUT2D eigenvalue weighted by atomic mass is 35.5. The molecule has 0 aliphatic carbocycles. The standard InChI is InChI=1S/C20H15ClN4O3S/c21-17-3-1-2-4-18(17)29(27,28)16-7-5-13(6-8-16)10-23-20(26)15-9-14-12-24-25-19(14)22-11-15/h1-9,11-12H,10H2,(H,23,26)(H,22,24,25). The Hall–Kier alpha value is -3.23. The lowest BCUT2D eigenvalue weighted by molar-refractivity contribution is 0.0950. The molecule has 0 saturated carbocycles. The maximum absolute atomic E-state index is 12.7. The molecule has 146 valence electrons. The highest BCUT2D eigenvalue weighted by Crippen LogP contribution is 2.27. The average molecular weight is 427 g/mol. The number of benzene rings is 2. The molecule has 9 heteroatoms. The number of carbonyl (C=O) groups is 1. The van der Waals surface area contributed by atoms with E-state index in [0.717, 1.165) is 10.9 Å². The van der Waals surface area contributed by atoms with Crippen LogP contribution in [0.15, 0.2) is 76.8 Å². The first-order valence-electron chi connectivity index (χ1n) is 8.61. The van der Waals surface area contributed by atoms with E-state index in [1.165, 1.54) is 30.5 Å². The number of pyridine rings is 1. The second-order valence-corrected chi connectivity index (χ2v) is 8.62. The molecule has 4 rings (SSSR count). The van der Waals surface area contributed by atoms with Gasteiger partial charge in [-0.3, -0.25) is 9.89 Å². The molecule has 29 heavy (non-hydrogen) atoms. The third kappa shape index (κ3) is 3.85. The minimum atomic E-state index is -3.71. The molecular formula is C20H15ClN4O3S. The first kappa shape index (κ1) is 19.1. The van der Waals surface area contributed by atoms with Crippen molar-refractivity contribution in [3.8, 4) is 0 Å². The molecule has 0 fully saturated rings. The predicted molar refractivity (Wildman–Crippen MR) is 108 cm³/mol. The third-order valence-electron chi connectivity index (χ3n) is 4.37. The summed E-state index contributed by atoms with van der Waals surface area (Å²) in [7, 11) is -3.71. The Bertz CT molecular complexity index is 1300. The zero-order valence-corrected chi connectivity index (χ0v) is 16.5. The number of aromatic amines is 1. The Morgan fingerprint density at radius 3 is 2.59 bits per heavy atom. The Morgan fingerprint density at radius 2 is 1.83 bits per heavy atom. The van der Waals surface area contributed by atoms with Crippen LogP contribution in [0, 0.1) is 0 Å². The number of aromatic nitrogens is 3. The lowest BCUT2D eigenvalue weighted by Crippen LogP contribution is -2.22. The van der Waals surface area contributed by atoms with E-state index in [2.05, 4.69) is 20.5 Å². The maximum atomic E-state index is 12.7. The molecule has 0 bridgehead atoms. The monoisotopic (exact) mass is 426 g/mol. The van der Waals surface area contributed by atoms with Gasteiger partial charge in [-0.15, -0.1) is 0 Å². The van der Waals surface area contributed by atoms with E-state index in [0.29, 0.717) is 11.2 Å². The van der Waals surface area contributed by atoms with Gasteiger partial charge in [0.2, 0.25) is 9.84 Å². The summed E-state index contributed by atoms with van der Waals surface area (Å²) in [6.07, 6.45) is 3.06. The van der Waals surface area contributed by atoms with Crippen molar-refractivity contribution >= 4 is 38.4 Å². The zero-order chi connectivity index (χ0) is 20.4. The first-order valence-corrected chi connectivity index (χ1v) is 10.5. The summed E-state index contributed by atoms with van der Waals surface area (Å²) >= 11 is 6.02. The number of rotatable bonds is 5. The average Bonchev–Trinajstić information content (AvgIpc) is 3.20. The van der Waals surface area contributed by atoms with Gasteiger partial charge in [0.25, 0.3) is 5.91 Å². The zero-order valence-electron chi connectivity index (χ0n) is 15.0. The molecule has 2 aromatic heterocycles. The lowest BCUT2D eigenvalue weighted by atomic mass is 10.2. The number of carbonyl (C=O) groups excluding carboxylic acids is 1. The van der Waals surface area contributed by atoms with Crippen LogP contribution < -0.4 is 5.32 Å². The Labute approximate surface area is 171 Å². The fourth-order valence-electron chi connectivity index (χ4n) is 2.82. The van der Waals surface area contributed by atoms with Crippen molar-refractivity contribution < 1.29 is 13.2 Å². The number of fused-ring (bicyclic) bond motifs is 1. The molecule has 0 spiro atoms. The first-order chi connectivity index (χ1) is 13.9. The number of hydrogen-bond acceptors (Lipinski definition) is 5. The molecule has 0 atom stereocenters. The number of hydrogen-bond donors (Lipinski definition) is 2. The fraction of sp³-hybridized carbons (Fsp3) is 0.0500. The van der Waals surface area contributed by atoms with Crippen molar-refractivity contribution in [3.05, 3.63) is 83.1 Å². The number of nitrogens with zero attached hydrogens (tertiary/aromatic N) is 2. The van der Waals surface area contributed by atoms with E-state index in [9.17, 15) is 13.2 Å². The second-order valence-electron chi connectivity index (χ2n) is 6.29. The van der Waals surface area contributed by atoms with Crippen molar-refractivity contribution in [1.82, 2.24) is 20.5 Å². The summed E-state index contributed by atoms with van der Waals surface area (Å²) in [6.45, 7) is 0.245. The largest absolute Gasteiger partial charge is 0.348 e. The number of H-pyrrole nitrogens is 1. The highest BCUT2D eigenvalue weighted by molar-refractivity contribution is 7.91. The van der Waals surface area contributed by atoms with Gasteiger partial charge in [0.15, 0.2) is 5.65 Å². The molecule has 1 amide bonds. The lowest BCUT2D eigenvalue weighted by Gasteiger charge is -2.09. The van der Waals surface area contributed by atoms with Crippen LogP contribution in [0.1, 0.15) is 15.9 Å². The van der Waals surface area contributed by atoms with Crippen molar-refractivity contribution in [1.29, 1.82) is 0 Å². The maximum Gasteiger partial charge on any atom is 0.253 e. The smallest absolute Gasteiger partial charge is 0.253 e. The Morgan fingerprint density at radius 1 is 1.07 bits per heavy atom. The van der Waals surface area contributed by atoms with Crippen LogP contribution in [-0.2, 0) is 16.4 Å².